The molecule has 3 rings (SSSR count). The van der Waals surface area contributed by atoms with Crippen LogP contribution in [0.5, 0.6) is 0 Å². The second-order valence-corrected chi connectivity index (χ2v) is 11.6. The smallest absolute Gasteiger partial charge is 0.269 e. The fourth-order valence-electron chi connectivity index (χ4n) is 4.86. The fraction of sp³-hybridized carbons (Fsp3) is 0.371. The Hall–Kier alpha value is -5.10. The van der Waals surface area contributed by atoms with E-state index in [1.165, 1.54) is 18.2 Å². The highest BCUT2D eigenvalue weighted by molar-refractivity contribution is 5.99. The number of carbonyl (C=O) groups is 4. The molecule has 0 radical (unpaired) electrons. The number of benzene rings is 3. The number of nitro benzene ring substituents is 1. The molecule has 0 spiro atoms. The van der Waals surface area contributed by atoms with Crippen LogP contribution in [0.3, 0.4) is 0 Å². The van der Waals surface area contributed by atoms with Gasteiger partial charge in [0.15, 0.2) is 0 Å². The minimum atomic E-state index is -0.668. The molecule has 250 valence electrons. The number of hydrogen-bond acceptors (Lipinski definition) is 7. The summed E-state index contributed by atoms with van der Waals surface area (Å²) >= 11 is 0. The Balaban J connectivity index is 1.62. The van der Waals surface area contributed by atoms with Gasteiger partial charge in [0, 0.05) is 48.9 Å². The molecule has 0 aliphatic heterocycles. The van der Waals surface area contributed by atoms with E-state index in [1.807, 2.05) is 51.1 Å². The fourth-order valence-corrected chi connectivity index (χ4v) is 4.86. The Morgan fingerprint density at radius 1 is 0.766 bits per heavy atom. The lowest BCUT2D eigenvalue weighted by Gasteiger charge is -2.25. The van der Waals surface area contributed by atoms with Crippen LogP contribution < -0.4 is 26.6 Å². The predicted octanol–water partition coefficient (Wildman–Crippen LogP) is 3.16. The van der Waals surface area contributed by atoms with Crippen molar-refractivity contribution in [2.75, 3.05) is 19.6 Å². The summed E-state index contributed by atoms with van der Waals surface area (Å²) in [6.07, 6.45) is 0.975. The second kappa shape index (κ2) is 18.1. The van der Waals surface area contributed by atoms with Gasteiger partial charge in [-0.05, 0) is 61.9 Å². The summed E-state index contributed by atoms with van der Waals surface area (Å²) in [4.78, 5) is 62.0. The molecule has 0 aliphatic rings. The van der Waals surface area contributed by atoms with Gasteiger partial charge in [0.25, 0.3) is 17.5 Å². The maximum Gasteiger partial charge on any atom is 0.269 e. The molecule has 5 N–H and O–H groups in total. The first kappa shape index (κ1) is 36.4. The molecule has 47 heavy (non-hydrogen) atoms. The topological polar surface area (TPSA) is 172 Å². The van der Waals surface area contributed by atoms with Crippen LogP contribution in [0.1, 0.15) is 59.5 Å². The number of non-ortho nitro benzene ring substituents is 1. The van der Waals surface area contributed by atoms with Crippen molar-refractivity contribution in [1.82, 2.24) is 26.6 Å². The maximum atomic E-state index is 13.4. The van der Waals surface area contributed by atoms with E-state index in [1.54, 1.807) is 37.3 Å². The van der Waals surface area contributed by atoms with E-state index in [-0.39, 0.29) is 41.8 Å². The first-order valence-electron chi connectivity index (χ1n) is 15.8. The summed E-state index contributed by atoms with van der Waals surface area (Å²) in [6.45, 7) is 8.30. The standard InChI is InChI=1S/C35H44N6O6/c1-5-36-35(45)31(23(2)3)40-32(42)24(4)38-22-29(20-26-10-7-6-8-11-26)39-34(44)28-13-9-12-27(21-28)33(43)37-19-18-25-14-16-30(17-15-25)41(46)47/h6-17,21,23-24,29,31,38H,5,18-20,22H2,1-4H3,(H,36,45)(H,37,43)(H,39,44)(H,40,42)/t24-,29-,31-/m0/s1. The Labute approximate surface area is 275 Å². The van der Waals surface area contributed by atoms with Crippen molar-refractivity contribution in [2.24, 2.45) is 5.92 Å². The van der Waals surface area contributed by atoms with Crippen molar-refractivity contribution in [3.63, 3.8) is 0 Å². The minimum absolute atomic E-state index is 0.00252. The van der Waals surface area contributed by atoms with Gasteiger partial charge >= 0.3 is 0 Å². The molecule has 4 amide bonds. The Morgan fingerprint density at radius 2 is 1.43 bits per heavy atom. The Morgan fingerprint density at radius 3 is 2.04 bits per heavy atom. The molecule has 3 aromatic carbocycles. The Kier molecular flexibility index (Phi) is 14.0. The normalized spacial score (nSPS) is 12.8. The van der Waals surface area contributed by atoms with Gasteiger partial charge in [-0.2, -0.15) is 0 Å². The summed E-state index contributed by atoms with van der Waals surface area (Å²) in [5, 5.41) is 25.5. The summed E-state index contributed by atoms with van der Waals surface area (Å²) in [7, 11) is 0. The average Bonchev–Trinajstić information content (AvgIpc) is 3.06. The summed E-state index contributed by atoms with van der Waals surface area (Å²) in [6, 6.07) is 20.5. The summed E-state index contributed by atoms with van der Waals surface area (Å²) < 4.78 is 0. The molecule has 0 saturated carbocycles. The van der Waals surface area contributed by atoms with Crippen LogP contribution in [0.15, 0.2) is 78.9 Å². The van der Waals surface area contributed by atoms with E-state index >= 15 is 0 Å². The van der Waals surface area contributed by atoms with Crippen LogP contribution >= 0.6 is 0 Å². The van der Waals surface area contributed by atoms with Gasteiger partial charge in [-0.3, -0.25) is 29.3 Å². The molecular formula is C35H44N6O6. The van der Waals surface area contributed by atoms with Crippen LogP contribution in [0.25, 0.3) is 0 Å². The van der Waals surface area contributed by atoms with Crippen molar-refractivity contribution in [1.29, 1.82) is 0 Å². The van der Waals surface area contributed by atoms with Crippen molar-refractivity contribution in [3.8, 4) is 0 Å². The van der Waals surface area contributed by atoms with E-state index in [0.29, 0.717) is 37.1 Å². The minimum Gasteiger partial charge on any atom is -0.355 e. The zero-order chi connectivity index (χ0) is 34.3. The number of rotatable bonds is 17. The SMILES string of the molecule is CCNC(=O)[C@@H](NC(=O)[C@H](C)NC[C@H](Cc1ccccc1)NC(=O)c1cccc(C(=O)NCCc2ccc([N+](=O)[O-])cc2)c1)C(C)C. The lowest BCUT2D eigenvalue weighted by molar-refractivity contribution is -0.384. The highest BCUT2D eigenvalue weighted by atomic mass is 16.6. The van der Waals surface area contributed by atoms with E-state index in [4.69, 9.17) is 0 Å². The van der Waals surface area contributed by atoms with Gasteiger partial charge in [-0.25, -0.2) is 0 Å². The molecule has 0 fully saturated rings. The van der Waals surface area contributed by atoms with E-state index in [9.17, 15) is 29.3 Å². The lowest BCUT2D eigenvalue weighted by Crippen LogP contribution is -2.55. The van der Waals surface area contributed by atoms with Gasteiger partial charge in [-0.1, -0.05) is 62.4 Å². The largest absolute Gasteiger partial charge is 0.355 e. The first-order chi connectivity index (χ1) is 22.5. The second-order valence-electron chi connectivity index (χ2n) is 11.6. The number of nitro groups is 1. The van der Waals surface area contributed by atoms with Gasteiger partial charge in [-0.15, -0.1) is 0 Å². The highest BCUT2D eigenvalue weighted by Crippen LogP contribution is 2.13. The zero-order valence-electron chi connectivity index (χ0n) is 27.2. The lowest BCUT2D eigenvalue weighted by atomic mass is 10.0. The number of amides is 4. The average molecular weight is 645 g/mol. The third kappa shape index (κ3) is 11.6. The summed E-state index contributed by atoms with van der Waals surface area (Å²) in [5.74, 6) is -1.39. The predicted molar refractivity (Wildman–Crippen MR) is 180 cm³/mol. The number of nitrogens with zero attached hydrogens (tertiary/aromatic N) is 1. The zero-order valence-corrected chi connectivity index (χ0v) is 27.2. The molecular weight excluding hydrogens is 600 g/mol. The molecule has 0 heterocycles. The monoisotopic (exact) mass is 644 g/mol. The molecule has 0 aromatic heterocycles. The van der Waals surface area contributed by atoms with Gasteiger partial charge < -0.3 is 26.6 Å². The number of nitrogens with one attached hydrogen (secondary N) is 5. The molecule has 12 nitrogen and oxygen atoms in total. The quantitative estimate of drug-likeness (QED) is 0.111. The van der Waals surface area contributed by atoms with Crippen LogP contribution in [-0.2, 0) is 22.4 Å². The van der Waals surface area contributed by atoms with Crippen molar-refractivity contribution >= 4 is 29.3 Å². The number of likely N-dealkylation sites (N-methyl/N-ethyl adjacent to an activating group) is 1. The van der Waals surface area contributed by atoms with Gasteiger partial charge in [0.2, 0.25) is 11.8 Å². The molecule has 12 heteroatoms. The number of carbonyl (C=O) groups excluding carboxylic acids is 4. The van der Waals surface area contributed by atoms with Gasteiger partial charge in [0.1, 0.15) is 6.04 Å². The van der Waals surface area contributed by atoms with Gasteiger partial charge in [0.05, 0.1) is 11.0 Å². The van der Waals surface area contributed by atoms with Crippen LogP contribution in [-0.4, -0.2) is 66.3 Å². The first-order valence-corrected chi connectivity index (χ1v) is 15.8. The molecule has 3 atom stereocenters. The third-order valence-electron chi connectivity index (χ3n) is 7.56. The highest BCUT2D eigenvalue weighted by Gasteiger charge is 2.26. The van der Waals surface area contributed by atoms with E-state index in [2.05, 4.69) is 26.6 Å². The Bertz CT molecular complexity index is 1510. The van der Waals surface area contributed by atoms with Crippen LogP contribution in [0.2, 0.25) is 0 Å². The third-order valence-corrected chi connectivity index (χ3v) is 7.56. The van der Waals surface area contributed by atoms with E-state index in [0.717, 1.165) is 11.1 Å². The van der Waals surface area contributed by atoms with Crippen molar-refractivity contribution in [3.05, 3.63) is 111 Å². The molecule has 3 aromatic rings. The van der Waals surface area contributed by atoms with Crippen molar-refractivity contribution < 1.29 is 24.1 Å². The van der Waals surface area contributed by atoms with Crippen LogP contribution in [0, 0.1) is 16.0 Å². The van der Waals surface area contributed by atoms with Crippen molar-refractivity contribution in [2.45, 2.75) is 58.7 Å². The number of hydrogen-bond donors (Lipinski definition) is 5. The maximum absolute atomic E-state index is 13.4. The molecule has 0 unspecified atom stereocenters. The van der Waals surface area contributed by atoms with E-state index < -0.39 is 23.0 Å². The molecule has 0 aliphatic carbocycles. The summed E-state index contributed by atoms with van der Waals surface area (Å²) in [5.41, 5.74) is 2.46. The van der Waals surface area contributed by atoms with Crippen LogP contribution in [0.4, 0.5) is 5.69 Å². The molecule has 0 saturated heterocycles. The molecule has 0 bridgehead atoms.